The molecule has 0 unspecified atom stereocenters. The van der Waals surface area contributed by atoms with Gasteiger partial charge in [0.05, 0.1) is 6.54 Å². The van der Waals surface area contributed by atoms with Crippen LogP contribution < -0.4 is 10.7 Å². The second kappa shape index (κ2) is 8.15. The van der Waals surface area contributed by atoms with Gasteiger partial charge in [-0.3, -0.25) is 10.2 Å². The Morgan fingerprint density at radius 3 is 2.86 bits per heavy atom. The number of aliphatic carboxylic acids is 1. The Balaban J connectivity index is 3.42. The molecule has 0 heterocycles. The van der Waals surface area contributed by atoms with Crippen LogP contribution in [0, 0.1) is 0 Å². The predicted octanol–water partition coefficient (Wildman–Crippen LogP) is 0.644. The van der Waals surface area contributed by atoms with E-state index in [0.717, 1.165) is 12.8 Å². The maximum absolute atomic E-state index is 10.6. The van der Waals surface area contributed by atoms with E-state index in [1.165, 1.54) is 0 Å². The average molecular weight is 201 g/mol. The van der Waals surface area contributed by atoms with Gasteiger partial charge in [-0.05, 0) is 31.5 Å². The Kier molecular flexibility index (Phi) is 7.30. The summed E-state index contributed by atoms with van der Waals surface area (Å²) in [6.45, 7) is 0.570. The molecule has 0 aromatic carbocycles. The number of carbonyl (C=O) groups is 1. The molecule has 0 amide bonds. The minimum atomic E-state index is -0.837. The largest absolute Gasteiger partial charge is 0.480 e. The lowest BCUT2D eigenvalue weighted by Gasteiger charge is -2.09. The molecule has 0 bridgehead atoms. The lowest BCUT2D eigenvalue weighted by atomic mass is 10.1. The van der Waals surface area contributed by atoms with Crippen LogP contribution in [0.1, 0.15) is 19.3 Å². The Hall–Kier alpha value is -1.46. The summed E-state index contributed by atoms with van der Waals surface area (Å²) in [5, 5.41) is 14.5. The van der Waals surface area contributed by atoms with Gasteiger partial charge in [0, 0.05) is 0 Å². The summed E-state index contributed by atoms with van der Waals surface area (Å²) in [6, 6.07) is -0.491. The summed E-state index contributed by atoms with van der Waals surface area (Å²) >= 11 is 0. The zero-order chi connectivity index (χ0) is 10.8. The second-order valence-corrected chi connectivity index (χ2v) is 2.77. The van der Waals surface area contributed by atoms with Gasteiger partial charge in [0.15, 0.2) is 0 Å². The minimum Gasteiger partial charge on any atom is -0.480 e. The van der Waals surface area contributed by atoms with Gasteiger partial charge in [-0.2, -0.15) is 4.91 Å². The normalized spacial score (nSPS) is 11.5. The Morgan fingerprint density at radius 2 is 2.36 bits per heavy atom. The van der Waals surface area contributed by atoms with Crippen LogP contribution in [-0.2, 0) is 4.79 Å². The van der Waals surface area contributed by atoms with Gasteiger partial charge in [0.1, 0.15) is 6.04 Å². The second-order valence-electron chi connectivity index (χ2n) is 2.77. The predicted molar refractivity (Wildman–Crippen MR) is 51.5 cm³/mol. The summed E-state index contributed by atoms with van der Waals surface area (Å²) in [6.07, 6.45) is 2.13. The van der Waals surface area contributed by atoms with Crippen molar-refractivity contribution >= 4 is 5.97 Å². The van der Waals surface area contributed by atoms with E-state index in [2.05, 4.69) is 20.9 Å². The van der Waals surface area contributed by atoms with E-state index in [0.29, 0.717) is 13.0 Å². The van der Waals surface area contributed by atoms with E-state index < -0.39 is 12.0 Å². The number of unbranched alkanes of at least 4 members (excludes halogenated alkanes) is 1. The summed E-state index contributed by atoms with van der Waals surface area (Å²) in [4.78, 5) is 13.1. The molecule has 7 nitrogen and oxygen atoms in total. The number of carboxylic acids is 1. The molecule has 14 heavy (non-hydrogen) atoms. The smallest absolute Gasteiger partial charge is 0.320 e. The van der Waals surface area contributed by atoms with Crippen molar-refractivity contribution in [1.29, 1.82) is 0 Å². The third kappa shape index (κ3) is 6.10. The zero-order valence-electron chi connectivity index (χ0n) is 8.10. The summed E-state index contributed by atoms with van der Waals surface area (Å²) in [5.41, 5.74) is 10.4. The Labute approximate surface area is 82.1 Å². The first-order valence-electron chi connectivity index (χ1n) is 4.39. The van der Waals surface area contributed by atoms with E-state index >= 15 is 0 Å². The molecule has 0 saturated carbocycles. The van der Waals surface area contributed by atoms with Crippen LogP contribution in [0.15, 0.2) is 5.22 Å². The molecule has 0 aromatic rings. The molecule has 0 radical (unpaired) electrons. The van der Waals surface area contributed by atoms with Crippen LogP contribution in [-0.4, -0.2) is 30.7 Å². The summed E-state index contributed by atoms with van der Waals surface area (Å²) < 4.78 is 0. The number of likely N-dealkylation sites (N-methyl/N-ethyl adjacent to an activating group) is 1. The number of hydrogen-bond donors (Lipinski definition) is 3. The van der Waals surface area contributed by atoms with Gasteiger partial charge in [0.25, 0.3) is 0 Å². The Bertz CT molecular complexity index is 214. The molecule has 3 N–H and O–H groups in total. The van der Waals surface area contributed by atoms with Crippen LogP contribution in [0.25, 0.3) is 10.4 Å². The monoisotopic (exact) mass is 201 g/mol. The van der Waals surface area contributed by atoms with Gasteiger partial charge in [-0.25, -0.2) is 0 Å². The average Bonchev–Trinajstić information content (AvgIpc) is 2.16. The molecular formula is C7H15N5O2. The fourth-order valence-corrected chi connectivity index (χ4v) is 1.03. The number of nitrogens with zero attached hydrogens (tertiary/aromatic N) is 3. The maximum atomic E-state index is 10.6. The van der Waals surface area contributed by atoms with Crippen LogP contribution in [0.2, 0.25) is 0 Å². The molecule has 0 aliphatic rings. The van der Waals surface area contributed by atoms with Crippen LogP contribution in [0.3, 0.4) is 0 Å². The molecule has 0 spiro atoms. The number of carboxylic acid groups (broad SMARTS) is 1. The summed E-state index contributed by atoms with van der Waals surface area (Å²) in [5.74, 6) is -0.837. The van der Waals surface area contributed by atoms with Crippen molar-refractivity contribution in [2.45, 2.75) is 25.3 Å². The standard InChI is InChI=1S/C7H15N5O2/c1-9-6(7(13)14)4-2-3-5-10-12-11-8/h6,9-10H,2-5H2,1H3,(H,13,14)/t6-/m0/s1. The van der Waals surface area contributed by atoms with Crippen molar-refractivity contribution in [2.75, 3.05) is 13.6 Å². The van der Waals surface area contributed by atoms with Crippen molar-refractivity contribution in [3.8, 4) is 0 Å². The molecule has 80 valence electrons. The van der Waals surface area contributed by atoms with E-state index in [1.54, 1.807) is 7.05 Å². The highest BCUT2D eigenvalue weighted by atomic mass is 16.4. The van der Waals surface area contributed by atoms with E-state index in [1.807, 2.05) is 0 Å². The van der Waals surface area contributed by atoms with Crippen molar-refractivity contribution < 1.29 is 9.90 Å². The van der Waals surface area contributed by atoms with Gasteiger partial charge in [-0.1, -0.05) is 0 Å². The summed E-state index contributed by atoms with van der Waals surface area (Å²) in [7, 11) is 1.62. The van der Waals surface area contributed by atoms with Gasteiger partial charge in [-0.15, -0.1) is 5.53 Å². The highest BCUT2D eigenvalue weighted by Crippen LogP contribution is 2.00. The molecular weight excluding hydrogens is 186 g/mol. The lowest BCUT2D eigenvalue weighted by Crippen LogP contribution is -2.33. The van der Waals surface area contributed by atoms with E-state index in [4.69, 9.17) is 10.6 Å². The van der Waals surface area contributed by atoms with Crippen LogP contribution >= 0.6 is 0 Å². The highest BCUT2D eigenvalue weighted by Gasteiger charge is 2.13. The van der Waals surface area contributed by atoms with E-state index in [9.17, 15) is 4.79 Å². The van der Waals surface area contributed by atoms with Crippen molar-refractivity contribution in [3.63, 3.8) is 0 Å². The Morgan fingerprint density at radius 1 is 1.64 bits per heavy atom. The SMILES string of the molecule is CN[C@@H](CCCCNN=[N+]=[N-])C(=O)O. The highest BCUT2D eigenvalue weighted by molar-refractivity contribution is 5.73. The minimum absolute atomic E-state index is 0.491. The topological polar surface area (TPSA) is 110 Å². The first-order chi connectivity index (χ1) is 6.72. The van der Waals surface area contributed by atoms with Crippen molar-refractivity contribution in [3.05, 3.63) is 10.4 Å². The number of rotatable bonds is 8. The van der Waals surface area contributed by atoms with Crippen molar-refractivity contribution in [1.82, 2.24) is 10.7 Å². The first-order valence-corrected chi connectivity index (χ1v) is 4.39. The quantitative estimate of drug-likeness (QED) is 0.176. The zero-order valence-corrected chi connectivity index (χ0v) is 8.10. The van der Waals surface area contributed by atoms with Gasteiger partial charge < -0.3 is 10.4 Å². The van der Waals surface area contributed by atoms with Crippen LogP contribution in [0.5, 0.6) is 0 Å². The third-order valence-electron chi connectivity index (χ3n) is 1.79. The number of nitrogens with one attached hydrogen (secondary N) is 2. The van der Waals surface area contributed by atoms with Gasteiger partial charge >= 0.3 is 5.97 Å². The number of hydrogen-bond acceptors (Lipinski definition) is 3. The fraction of sp³-hybridized carbons (Fsp3) is 0.857. The molecule has 0 rings (SSSR count). The lowest BCUT2D eigenvalue weighted by molar-refractivity contribution is -0.139. The molecule has 7 heteroatoms. The maximum Gasteiger partial charge on any atom is 0.320 e. The molecule has 0 aromatic heterocycles. The van der Waals surface area contributed by atoms with Crippen molar-refractivity contribution in [2.24, 2.45) is 5.22 Å². The molecule has 0 fully saturated rings. The van der Waals surface area contributed by atoms with E-state index in [-0.39, 0.29) is 0 Å². The molecule has 1 atom stereocenters. The fourth-order valence-electron chi connectivity index (χ4n) is 1.03. The molecule has 0 saturated heterocycles. The van der Waals surface area contributed by atoms with Crippen LogP contribution in [0.4, 0.5) is 0 Å². The molecule has 0 aliphatic heterocycles. The third-order valence-corrected chi connectivity index (χ3v) is 1.79. The number of azide groups is 1. The molecule has 0 aliphatic carbocycles. The first kappa shape index (κ1) is 12.5. The van der Waals surface area contributed by atoms with Gasteiger partial charge in [0.2, 0.25) is 0 Å².